The normalized spacial score (nSPS) is 21.3. The Hall–Kier alpha value is -2.44. The van der Waals surface area contributed by atoms with E-state index in [9.17, 15) is 4.79 Å². The van der Waals surface area contributed by atoms with E-state index in [0.717, 1.165) is 42.7 Å². The lowest BCUT2D eigenvalue weighted by molar-refractivity contribution is -0.124. The van der Waals surface area contributed by atoms with Gasteiger partial charge in [0.05, 0.1) is 26.2 Å². The van der Waals surface area contributed by atoms with Crippen molar-refractivity contribution < 1.29 is 14.3 Å². The SMILES string of the molecule is COc1cc2c(cc1OC)C(c1cc(Cl)ccc1N)NC(=O)C2CCN1CCCCC1. The molecule has 0 aliphatic carbocycles. The third-order valence-corrected chi connectivity index (χ3v) is 6.66. The van der Waals surface area contributed by atoms with Gasteiger partial charge in [-0.25, -0.2) is 0 Å². The molecule has 0 radical (unpaired) electrons. The molecule has 2 heterocycles. The van der Waals surface area contributed by atoms with E-state index in [1.54, 1.807) is 26.4 Å². The number of likely N-dealkylation sites (tertiary alicyclic amines) is 1. The van der Waals surface area contributed by atoms with Gasteiger partial charge in [-0.05, 0) is 80.4 Å². The number of amides is 1. The summed E-state index contributed by atoms with van der Waals surface area (Å²) in [6.07, 6.45) is 4.51. The number of anilines is 1. The first kappa shape index (κ1) is 21.8. The van der Waals surface area contributed by atoms with Gasteiger partial charge in [-0.2, -0.15) is 0 Å². The fourth-order valence-corrected chi connectivity index (χ4v) is 4.93. The molecular weight excluding hydrogens is 414 g/mol. The Kier molecular flexibility index (Phi) is 6.58. The maximum Gasteiger partial charge on any atom is 0.228 e. The zero-order valence-corrected chi connectivity index (χ0v) is 18.9. The minimum Gasteiger partial charge on any atom is -0.493 e. The first-order valence-electron chi connectivity index (χ1n) is 10.8. The molecule has 0 aromatic heterocycles. The molecule has 2 atom stereocenters. The number of ether oxygens (including phenoxy) is 2. The number of nitrogens with two attached hydrogens (primary N) is 1. The number of carbonyl (C=O) groups is 1. The van der Waals surface area contributed by atoms with Gasteiger partial charge in [-0.3, -0.25) is 4.79 Å². The lowest BCUT2D eigenvalue weighted by Crippen LogP contribution is -2.41. The molecule has 1 amide bonds. The summed E-state index contributed by atoms with van der Waals surface area (Å²) >= 11 is 6.25. The van der Waals surface area contributed by atoms with Crippen LogP contribution in [0.1, 0.15) is 54.3 Å². The molecule has 6 nitrogen and oxygen atoms in total. The number of carbonyl (C=O) groups excluding carboxylic acids is 1. The van der Waals surface area contributed by atoms with Gasteiger partial charge in [0.25, 0.3) is 0 Å². The van der Waals surface area contributed by atoms with Crippen LogP contribution in [0.2, 0.25) is 5.02 Å². The van der Waals surface area contributed by atoms with Crippen LogP contribution in [0.15, 0.2) is 30.3 Å². The van der Waals surface area contributed by atoms with E-state index >= 15 is 0 Å². The van der Waals surface area contributed by atoms with Crippen molar-refractivity contribution in [2.75, 3.05) is 39.6 Å². The van der Waals surface area contributed by atoms with Crippen LogP contribution in [0.3, 0.4) is 0 Å². The molecule has 2 aliphatic rings. The summed E-state index contributed by atoms with van der Waals surface area (Å²) in [6, 6.07) is 8.84. The fraction of sp³-hybridized carbons (Fsp3) is 0.458. The molecule has 2 aromatic rings. The van der Waals surface area contributed by atoms with Gasteiger partial charge in [0, 0.05) is 16.3 Å². The second-order valence-electron chi connectivity index (χ2n) is 8.29. The van der Waals surface area contributed by atoms with Crippen molar-refractivity contribution in [3.05, 3.63) is 52.0 Å². The van der Waals surface area contributed by atoms with Crippen molar-refractivity contribution in [2.24, 2.45) is 0 Å². The summed E-state index contributed by atoms with van der Waals surface area (Å²) in [6.45, 7) is 3.11. The van der Waals surface area contributed by atoms with E-state index < -0.39 is 6.04 Å². The van der Waals surface area contributed by atoms with Gasteiger partial charge in [-0.1, -0.05) is 18.0 Å². The topological polar surface area (TPSA) is 76.8 Å². The molecule has 0 spiro atoms. The first-order valence-corrected chi connectivity index (χ1v) is 11.2. The number of nitrogens with one attached hydrogen (secondary N) is 1. The van der Waals surface area contributed by atoms with E-state index in [2.05, 4.69) is 10.2 Å². The van der Waals surface area contributed by atoms with Crippen LogP contribution in [-0.2, 0) is 4.79 Å². The van der Waals surface area contributed by atoms with Crippen molar-refractivity contribution in [3.63, 3.8) is 0 Å². The second kappa shape index (κ2) is 9.37. The van der Waals surface area contributed by atoms with Crippen LogP contribution in [0.4, 0.5) is 5.69 Å². The minimum atomic E-state index is -0.396. The fourth-order valence-electron chi connectivity index (χ4n) is 4.75. The maximum atomic E-state index is 13.3. The monoisotopic (exact) mass is 443 g/mol. The Labute approximate surface area is 188 Å². The van der Waals surface area contributed by atoms with Gasteiger partial charge in [0.2, 0.25) is 5.91 Å². The van der Waals surface area contributed by atoms with Gasteiger partial charge >= 0.3 is 0 Å². The van der Waals surface area contributed by atoms with E-state index in [4.69, 9.17) is 26.8 Å². The van der Waals surface area contributed by atoms with Crippen LogP contribution >= 0.6 is 11.6 Å². The summed E-state index contributed by atoms with van der Waals surface area (Å²) in [5, 5.41) is 3.77. The number of hydrogen-bond acceptors (Lipinski definition) is 5. The summed E-state index contributed by atoms with van der Waals surface area (Å²) in [7, 11) is 3.23. The molecule has 31 heavy (non-hydrogen) atoms. The molecule has 1 saturated heterocycles. The zero-order valence-electron chi connectivity index (χ0n) is 18.1. The highest BCUT2D eigenvalue weighted by atomic mass is 35.5. The van der Waals surface area contributed by atoms with Crippen molar-refractivity contribution in [1.82, 2.24) is 10.2 Å². The summed E-state index contributed by atoms with van der Waals surface area (Å²) < 4.78 is 11.1. The Morgan fingerprint density at radius 1 is 1.03 bits per heavy atom. The van der Waals surface area contributed by atoms with Gasteiger partial charge in [-0.15, -0.1) is 0 Å². The maximum absolute atomic E-state index is 13.3. The Morgan fingerprint density at radius 2 is 1.71 bits per heavy atom. The summed E-state index contributed by atoms with van der Waals surface area (Å²) in [4.78, 5) is 15.7. The van der Waals surface area contributed by atoms with Crippen LogP contribution < -0.4 is 20.5 Å². The quantitative estimate of drug-likeness (QED) is 0.657. The van der Waals surface area contributed by atoms with Gasteiger partial charge in [0.15, 0.2) is 11.5 Å². The number of fused-ring (bicyclic) bond motifs is 1. The Bertz CT molecular complexity index is 959. The number of rotatable bonds is 6. The van der Waals surface area contributed by atoms with E-state index in [1.165, 1.54) is 19.3 Å². The highest BCUT2D eigenvalue weighted by Gasteiger charge is 2.36. The average Bonchev–Trinajstić information content (AvgIpc) is 2.79. The molecule has 0 saturated carbocycles. The summed E-state index contributed by atoms with van der Waals surface area (Å²) in [5.74, 6) is 0.990. The number of methoxy groups -OCH3 is 2. The number of nitrogens with zero attached hydrogens (tertiary/aromatic N) is 1. The van der Waals surface area contributed by atoms with Gasteiger partial charge in [0.1, 0.15) is 0 Å². The zero-order chi connectivity index (χ0) is 22.0. The molecule has 166 valence electrons. The third kappa shape index (κ3) is 4.46. The van der Waals surface area contributed by atoms with E-state index in [-0.39, 0.29) is 11.8 Å². The summed E-state index contributed by atoms with van der Waals surface area (Å²) in [5.41, 5.74) is 9.56. The first-order chi connectivity index (χ1) is 15.0. The molecule has 7 heteroatoms. The van der Waals surface area contributed by atoms with E-state index in [1.807, 2.05) is 18.2 Å². The molecule has 1 fully saturated rings. The van der Waals surface area contributed by atoms with Crippen molar-refractivity contribution >= 4 is 23.2 Å². The predicted octanol–water partition coefficient (Wildman–Crippen LogP) is 4.12. The largest absolute Gasteiger partial charge is 0.493 e. The number of nitrogen functional groups attached to an aromatic ring is 1. The van der Waals surface area contributed by atoms with Crippen LogP contribution in [0, 0.1) is 0 Å². The highest BCUT2D eigenvalue weighted by Crippen LogP contribution is 2.43. The molecule has 2 aliphatic heterocycles. The molecule has 3 N–H and O–H groups in total. The number of hydrogen-bond donors (Lipinski definition) is 2. The Balaban J connectivity index is 1.74. The standard InChI is InChI=1S/C24H30ClN3O3/c1-30-21-13-17-16(8-11-28-9-4-3-5-10-28)24(29)27-23(18(17)14-22(21)31-2)19-12-15(25)6-7-20(19)26/h6-7,12-14,16,23H,3-5,8-11,26H2,1-2H3,(H,27,29). The predicted molar refractivity (Wildman–Crippen MR) is 123 cm³/mol. The number of halogens is 1. The molecule has 0 bridgehead atoms. The number of piperidine rings is 1. The van der Waals surface area contributed by atoms with E-state index in [0.29, 0.717) is 22.2 Å². The number of benzene rings is 2. The van der Waals surface area contributed by atoms with Crippen LogP contribution in [-0.4, -0.2) is 44.7 Å². The molecule has 4 rings (SSSR count). The second-order valence-corrected chi connectivity index (χ2v) is 8.73. The minimum absolute atomic E-state index is 0.00102. The van der Waals surface area contributed by atoms with Crippen LogP contribution in [0.25, 0.3) is 0 Å². The van der Waals surface area contributed by atoms with Crippen LogP contribution in [0.5, 0.6) is 11.5 Å². The molecule has 2 aromatic carbocycles. The van der Waals surface area contributed by atoms with Crippen molar-refractivity contribution in [2.45, 2.75) is 37.6 Å². The van der Waals surface area contributed by atoms with Crippen molar-refractivity contribution in [3.8, 4) is 11.5 Å². The smallest absolute Gasteiger partial charge is 0.228 e. The molecule has 2 unspecified atom stereocenters. The molecular formula is C24H30ClN3O3. The highest BCUT2D eigenvalue weighted by molar-refractivity contribution is 6.30. The third-order valence-electron chi connectivity index (χ3n) is 6.42. The van der Waals surface area contributed by atoms with Gasteiger partial charge < -0.3 is 25.4 Å². The Morgan fingerprint density at radius 3 is 2.39 bits per heavy atom. The lowest BCUT2D eigenvalue weighted by Gasteiger charge is -2.35. The average molecular weight is 444 g/mol. The van der Waals surface area contributed by atoms with Crippen molar-refractivity contribution in [1.29, 1.82) is 0 Å². The lowest BCUT2D eigenvalue weighted by atomic mass is 9.81.